The number of ether oxygens (including phenoxy) is 4. The summed E-state index contributed by atoms with van der Waals surface area (Å²) in [7, 11) is 0. The van der Waals surface area contributed by atoms with Crippen LogP contribution in [0.2, 0.25) is 0 Å². The molecule has 1 aliphatic heterocycles. The minimum atomic E-state index is -2.27. The summed E-state index contributed by atoms with van der Waals surface area (Å²) in [6.45, 7) is 1.25. The van der Waals surface area contributed by atoms with Crippen molar-refractivity contribution in [2.45, 2.75) is 49.3 Å². The Morgan fingerprint density at radius 1 is 0.791 bits per heavy atom. The van der Waals surface area contributed by atoms with E-state index >= 15 is 0 Å². The first-order valence-corrected chi connectivity index (χ1v) is 13.5. The molecule has 0 aliphatic carbocycles. The van der Waals surface area contributed by atoms with E-state index in [1.165, 1.54) is 17.8 Å². The van der Waals surface area contributed by atoms with Crippen molar-refractivity contribution in [2.75, 3.05) is 72.6 Å². The van der Waals surface area contributed by atoms with Crippen LogP contribution in [0, 0.1) is 0 Å². The monoisotopic (exact) mass is 628 g/mol. The number of nitrogens with one attached hydrogen (secondary N) is 2. The molecule has 0 radical (unpaired) electrons. The van der Waals surface area contributed by atoms with Gasteiger partial charge < -0.3 is 69.9 Å². The molecule has 19 heteroatoms. The number of nitrogens with two attached hydrogens (primary N) is 1. The third kappa shape index (κ3) is 16.7. The number of hydrogen-bond donors (Lipinski definition) is 9. The maximum absolute atomic E-state index is 12.2. The second kappa shape index (κ2) is 21.9. The zero-order valence-electron chi connectivity index (χ0n) is 23.7. The Bertz CT molecular complexity index is 831. The molecule has 2 amide bonds. The predicted molar refractivity (Wildman–Crippen MR) is 142 cm³/mol. The molecule has 0 saturated carbocycles. The fourth-order valence-electron chi connectivity index (χ4n) is 3.22. The minimum Gasteiger partial charge on any atom is -0.478 e. The third-order valence-electron chi connectivity index (χ3n) is 5.74. The van der Waals surface area contributed by atoms with E-state index in [1.54, 1.807) is 0 Å². The average molecular weight is 629 g/mol. The van der Waals surface area contributed by atoms with Gasteiger partial charge in [0.15, 0.2) is 18.2 Å². The van der Waals surface area contributed by atoms with Gasteiger partial charge in [0.1, 0.15) is 18.3 Å². The number of aliphatic hydroxyl groups is 5. The van der Waals surface area contributed by atoms with Crippen LogP contribution in [-0.4, -0.2) is 156 Å². The van der Waals surface area contributed by atoms with Crippen molar-refractivity contribution >= 4 is 17.8 Å². The lowest BCUT2D eigenvalue weighted by molar-refractivity contribution is -0.288. The summed E-state index contributed by atoms with van der Waals surface area (Å²) in [6.07, 6.45) is -5.53. The highest BCUT2D eigenvalue weighted by Gasteiger charge is 2.36. The molecular formula is C24H44N4O15. The van der Waals surface area contributed by atoms with E-state index in [0.717, 1.165) is 0 Å². The second-order valence-electron chi connectivity index (χ2n) is 9.17. The van der Waals surface area contributed by atoms with E-state index in [0.29, 0.717) is 39.6 Å². The van der Waals surface area contributed by atoms with Crippen LogP contribution in [0.1, 0.15) is 19.3 Å². The van der Waals surface area contributed by atoms with Crippen molar-refractivity contribution in [2.24, 2.45) is 5.73 Å². The Hall–Kier alpha value is -2.69. The maximum Gasteiger partial charge on any atom is 0.344 e. The number of carboxylic acid groups (broad SMARTS) is 1. The van der Waals surface area contributed by atoms with E-state index in [9.17, 15) is 39.9 Å². The topological polar surface area (TPSA) is 281 Å². The standard InChI is InChI=1S/C24H44N4O15/c25-24(23(36)37,3-1-19(32)26-15-17(30)21(34)22(35)18(31)16-29)27-20(33)2-5-38-7-9-40-11-12-41-10-8-39-6-4-28-42-13-14-43-28/h13-14,17-18,21-22,29-31,34-35H,1-12,15-16,25H2,(H,26,32)(H,27,33)(H,36,37)/t17-,18+,21+,22+,24+/m0/s1. The molecule has 43 heavy (non-hydrogen) atoms. The van der Waals surface area contributed by atoms with Gasteiger partial charge in [-0.25, -0.2) is 4.79 Å². The summed E-state index contributed by atoms with van der Waals surface area (Å²) < 4.78 is 21.3. The summed E-state index contributed by atoms with van der Waals surface area (Å²) in [6, 6.07) is 0. The highest BCUT2D eigenvalue weighted by Crippen LogP contribution is 2.09. The highest BCUT2D eigenvalue weighted by atomic mass is 17.0. The lowest BCUT2D eigenvalue weighted by Gasteiger charge is -2.27. The molecule has 0 saturated heterocycles. The van der Waals surface area contributed by atoms with Crippen LogP contribution < -0.4 is 16.4 Å². The molecule has 0 bridgehead atoms. The number of nitrogens with zero attached hydrogens (tertiary/aromatic N) is 1. The van der Waals surface area contributed by atoms with Crippen LogP contribution in [-0.2, 0) is 43.0 Å². The van der Waals surface area contributed by atoms with Gasteiger partial charge in [-0.15, -0.1) is 0 Å². The van der Waals surface area contributed by atoms with Gasteiger partial charge in [0, 0.05) is 24.6 Å². The fourth-order valence-corrected chi connectivity index (χ4v) is 3.22. The highest BCUT2D eigenvalue weighted by molar-refractivity contribution is 5.87. The van der Waals surface area contributed by atoms with Gasteiger partial charge >= 0.3 is 5.97 Å². The molecule has 0 aromatic rings. The largest absolute Gasteiger partial charge is 0.478 e. The maximum atomic E-state index is 12.2. The van der Waals surface area contributed by atoms with Gasteiger partial charge in [-0.05, 0) is 0 Å². The minimum absolute atomic E-state index is 0.0418. The van der Waals surface area contributed by atoms with Crippen molar-refractivity contribution in [1.29, 1.82) is 0 Å². The Kier molecular flexibility index (Phi) is 19.5. The molecule has 1 aliphatic rings. The summed E-state index contributed by atoms with van der Waals surface area (Å²) in [5.41, 5.74) is 3.50. The molecule has 0 aromatic carbocycles. The first-order valence-electron chi connectivity index (χ1n) is 13.5. The lowest BCUT2D eigenvalue weighted by atomic mass is 10.0. The number of hydroxylamine groups is 2. The van der Waals surface area contributed by atoms with Crippen LogP contribution >= 0.6 is 0 Å². The van der Waals surface area contributed by atoms with Crippen LogP contribution in [0.15, 0.2) is 12.5 Å². The molecule has 0 aromatic heterocycles. The number of amides is 2. The molecule has 1 heterocycles. The quantitative estimate of drug-likeness (QED) is 0.0321. The Labute approximate surface area is 247 Å². The lowest BCUT2D eigenvalue weighted by Crippen LogP contribution is -2.62. The van der Waals surface area contributed by atoms with Crippen molar-refractivity contribution in [3.8, 4) is 0 Å². The number of carbonyl (C=O) groups is 3. The van der Waals surface area contributed by atoms with Gasteiger partial charge in [-0.2, -0.15) is 0 Å². The Balaban J connectivity index is 2.11. The number of carboxylic acids is 1. The molecule has 19 nitrogen and oxygen atoms in total. The van der Waals surface area contributed by atoms with E-state index in [2.05, 4.69) is 10.6 Å². The smallest absolute Gasteiger partial charge is 0.344 e. The van der Waals surface area contributed by atoms with E-state index < -0.39 is 73.9 Å². The molecule has 5 atom stereocenters. The molecule has 0 unspecified atom stereocenters. The first kappa shape index (κ1) is 38.3. The van der Waals surface area contributed by atoms with Crippen molar-refractivity contribution in [3.05, 3.63) is 12.5 Å². The number of aliphatic carboxylic acids is 1. The van der Waals surface area contributed by atoms with Gasteiger partial charge in [-0.3, -0.25) is 15.3 Å². The number of hydrogen-bond acceptors (Lipinski definition) is 16. The predicted octanol–water partition coefficient (Wildman–Crippen LogP) is -4.72. The van der Waals surface area contributed by atoms with E-state index in [4.69, 9.17) is 39.5 Å². The van der Waals surface area contributed by atoms with Gasteiger partial charge in [0.2, 0.25) is 11.8 Å². The number of aliphatic hydroxyl groups excluding tert-OH is 5. The first-order chi connectivity index (χ1) is 20.5. The second-order valence-corrected chi connectivity index (χ2v) is 9.17. The van der Waals surface area contributed by atoms with Gasteiger partial charge in [-0.1, -0.05) is 0 Å². The molecule has 0 spiro atoms. The van der Waals surface area contributed by atoms with Crippen molar-refractivity contribution < 1.29 is 73.6 Å². The van der Waals surface area contributed by atoms with Gasteiger partial charge in [0.05, 0.1) is 78.5 Å². The number of carbonyl (C=O) groups excluding carboxylic acids is 2. The summed E-state index contributed by atoms with van der Waals surface area (Å²) in [4.78, 5) is 45.8. The van der Waals surface area contributed by atoms with E-state index in [1.807, 2.05) is 0 Å². The number of rotatable bonds is 26. The Morgan fingerprint density at radius 2 is 1.30 bits per heavy atom. The summed E-state index contributed by atoms with van der Waals surface area (Å²) in [5.74, 6) is -3.08. The molecule has 10 N–H and O–H groups in total. The molecular weight excluding hydrogens is 584 g/mol. The zero-order valence-corrected chi connectivity index (χ0v) is 23.7. The fraction of sp³-hybridized carbons (Fsp3) is 0.792. The van der Waals surface area contributed by atoms with Crippen LogP contribution in [0.3, 0.4) is 0 Å². The molecule has 250 valence electrons. The van der Waals surface area contributed by atoms with E-state index in [-0.39, 0.29) is 26.2 Å². The summed E-state index contributed by atoms with van der Waals surface area (Å²) >= 11 is 0. The normalized spacial score (nSPS) is 17.3. The Morgan fingerprint density at radius 3 is 1.84 bits per heavy atom. The SMILES string of the molecule is N[C@](CCC(=O)NC[C@H](O)[C@@H](O)[C@H](O)[C@H](O)CO)(NC(=O)CCOCCOCCOCCOCCN1OC=CO1)C(=O)O. The average Bonchev–Trinajstić information content (AvgIpc) is 3.51. The zero-order chi connectivity index (χ0) is 32.1. The van der Waals surface area contributed by atoms with Crippen LogP contribution in [0.4, 0.5) is 0 Å². The molecule has 1 rings (SSSR count). The summed E-state index contributed by atoms with van der Waals surface area (Å²) in [5, 5.41) is 62.3. The van der Waals surface area contributed by atoms with Crippen LogP contribution in [0.25, 0.3) is 0 Å². The van der Waals surface area contributed by atoms with Crippen molar-refractivity contribution in [3.63, 3.8) is 0 Å². The van der Waals surface area contributed by atoms with Crippen LogP contribution in [0.5, 0.6) is 0 Å². The van der Waals surface area contributed by atoms with Crippen molar-refractivity contribution in [1.82, 2.24) is 15.9 Å². The van der Waals surface area contributed by atoms with Gasteiger partial charge in [0.25, 0.3) is 0 Å². The third-order valence-corrected chi connectivity index (χ3v) is 5.74. The molecule has 0 fully saturated rings.